The van der Waals surface area contributed by atoms with Crippen LogP contribution in [0.25, 0.3) is 17.1 Å². The summed E-state index contributed by atoms with van der Waals surface area (Å²) in [6, 6.07) is 1.99. The minimum Gasteiger partial charge on any atom is -0.466 e. The van der Waals surface area contributed by atoms with Crippen LogP contribution >= 0.6 is 15.9 Å². The summed E-state index contributed by atoms with van der Waals surface area (Å²) < 4.78 is 5.78. The van der Waals surface area contributed by atoms with E-state index in [1.165, 1.54) is 0 Å². The Labute approximate surface area is 113 Å². The van der Waals surface area contributed by atoms with E-state index < -0.39 is 0 Å². The number of hydrogen-bond donors (Lipinski definition) is 1. The van der Waals surface area contributed by atoms with E-state index in [0.29, 0.717) is 6.61 Å². The van der Waals surface area contributed by atoms with Crippen molar-refractivity contribution in [3.63, 3.8) is 0 Å². The van der Waals surface area contributed by atoms with E-state index in [1.54, 1.807) is 19.2 Å². The van der Waals surface area contributed by atoms with Crippen molar-refractivity contribution >= 4 is 39.0 Å². The Kier molecular flexibility index (Phi) is 4.15. The summed E-state index contributed by atoms with van der Waals surface area (Å²) in [4.78, 5) is 18.5. The number of ether oxygens (including phenoxy) is 1. The molecule has 2 aromatic heterocycles. The molecule has 0 fully saturated rings. The average Bonchev–Trinajstić information content (AvgIpc) is 2.72. The standard InChI is InChI=1S/C13H13BrN2O2/c1-2-18-12(17)5-3-4-9-7-15-13-11(9)6-10(14)8-16-13/h3-4,6-8H,2,5H2,1H3,(H,15,16). The molecule has 0 radical (unpaired) electrons. The molecular formula is C13H13BrN2O2. The molecule has 0 saturated heterocycles. The molecule has 0 aromatic carbocycles. The van der Waals surface area contributed by atoms with E-state index in [2.05, 4.69) is 25.9 Å². The maximum Gasteiger partial charge on any atom is 0.309 e. The molecule has 2 aromatic rings. The van der Waals surface area contributed by atoms with Crippen LogP contribution in [0, 0.1) is 0 Å². The lowest BCUT2D eigenvalue weighted by Gasteiger charge is -1.96. The number of aromatic nitrogens is 2. The van der Waals surface area contributed by atoms with E-state index >= 15 is 0 Å². The van der Waals surface area contributed by atoms with E-state index in [9.17, 15) is 4.79 Å². The van der Waals surface area contributed by atoms with Crippen LogP contribution in [-0.4, -0.2) is 22.5 Å². The highest BCUT2D eigenvalue weighted by atomic mass is 79.9. The number of fused-ring (bicyclic) bond motifs is 1. The number of pyridine rings is 1. The fourth-order valence-electron chi connectivity index (χ4n) is 1.64. The second kappa shape index (κ2) is 5.82. The van der Waals surface area contributed by atoms with Gasteiger partial charge < -0.3 is 9.72 Å². The summed E-state index contributed by atoms with van der Waals surface area (Å²) in [5, 5.41) is 1.02. The zero-order valence-electron chi connectivity index (χ0n) is 9.94. The summed E-state index contributed by atoms with van der Waals surface area (Å²) in [5.74, 6) is -0.215. The fraction of sp³-hybridized carbons (Fsp3) is 0.231. The molecule has 0 atom stereocenters. The van der Waals surface area contributed by atoms with Crippen molar-refractivity contribution in [3.8, 4) is 0 Å². The first-order chi connectivity index (χ1) is 8.70. The molecule has 94 valence electrons. The Morgan fingerprint density at radius 2 is 2.44 bits per heavy atom. The molecule has 0 aliphatic rings. The molecule has 0 aliphatic heterocycles. The smallest absolute Gasteiger partial charge is 0.309 e. The second-order valence-corrected chi connectivity index (χ2v) is 4.62. The van der Waals surface area contributed by atoms with E-state index in [4.69, 9.17) is 4.74 Å². The van der Waals surface area contributed by atoms with Gasteiger partial charge in [0.2, 0.25) is 0 Å². The van der Waals surface area contributed by atoms with Gasteiger partial charge in [0.15, 0.2) is 0 Å². The van der Waals surface area contributed by atoms with Crippen LogP contribution in [0.1, 0.15) is 18.9 Å². The summed E-state index contributed by atoms with van der Waals surface area (Å²) >= 11 is 3.39. The minimum atomic E-state index is -0.215. The van der Waals surface area contributed by atoms with Crippen molar-refractivity contribution in [1.29, 1.82) is 0 Å². The third kappa shape index (κ3) is 2.98. The van der Waals surface area contributed by atoms with Gasteiger partial charge in [0.05, 0.1) is 13.0 Å². The fourth-order valence-corrected chi connectivity index (χ4v) is 1.97. The van der Waals surface area contributed by atoms with Crippen LogP contribution in [0.4, 0.5) is 0 Å². The maximum absolute atomic E-state index is 11.2. The summed E-state index contributed by atoms with van der Waals surface area (Å²) in [6.45, 7) is 2.21. The molecule has 1 N–H and O–H groups in total. The number of halogens is 1. The lowest BCUT2D eigenvalue weighted by Crippen LogP contribution is -2.01. The lowest BCUT2D eigenvalue weighted by atomic mass is 10.2. The normalized spacial score (nSPS) is 11.2. The highest BCUT2D eigenvalue weighted by Gasteiger charge is 2.03. The quantitative estimate of drug-likeness (QED) is 0.882. The van der Waals surface area contributed by atoms with Gasteiger partial charge in [-0.2, -0.15) is 0 Å². The first-order valence-corrected chi connectivity index (χ1v) is 6.45. The molecule has 2 rings (SSSR count). The van der Waals surface area contributed by atoms with Gasteiger partial charge >= 0.3 is 5.97 Å². The van der Waals surface area contributed by atoms with E-state index in [-0.39, 0.29) is 12.4 Å². The molecule has 18 heavy (non-hydrogen) atoms. The third-order valence-electron chi connectivity index (χ3n) is 2.42. The number of rotatable bonds is 4. The molecule has 0 spiro atoms. The highest BCUT2D eigenvalue weighted by molar-refractivity contribution is 9.10. The predicted octanol–water partition coefficient (Wildman–Crippen LogP) is 3.29. The zero-order chi connectivity index (χ0) is 13.0. The average molecular weight is 309 g/mol. The molecule has 0 amide bonds. The van der Waals surface area contributed by atoms with Gasteiger partial charge in [0.25, 0.3) is 0 Å². The van der Waals surface area contributed by atoms with Gasteiger partial charge in [-0.05, 0) is 28.9 Å². The molecule has 0 aliphatic carbocycles. The SMILES string of the molecule is CCOC(=O)CC=Cc1c[nH]c2ncc(Br)cc12. The molecule has 0 bridgehead atoms. The largest absolute Gasteiger partial charge is 0.466 e. The Balaban J connectivity index is 2.14. The molecule has 0 unspecified atom stereocenters. The van der Waals surface area contributed by atoms with Crippen molar-refractivity contribution in [2.75, 3.05) is 6.61 Å². The van der Waals surface area contributed by atoms with Gasteiger partial charge in [0, 0.05) is 27.8 Å². The number of carbonyl (C=O) groups excluding carboxylic acids is 1. The first kappa shape index (κ1) is 12.8. The molecule has 4 nitrogen and oxygen atoms in total. The van der Waals surface area contributed by atoms with Crippen LogP contribution in [0.2, 0.25) is 0 Å². The highest BCUT2D eigenvalue weighted by Crippen LogP contribution is 2.21. The number of carbonyl (C=O) groups is 1. The van der Waals surface area contributed by atoms with Crippen LogP contribution < -0.4 is 0 Å². The van der Waals surface area contributed by atoms with Crippen LogP contribution in [0.3, 0.4) is 0 Å². The van der Waals surface area contributed by atoms with Crippen molar-refractivity contribution in [3.05, 3.63) is 34.6 Å². The monoisotopic (exact) mass is 308 g/mol. The van der Waals surface area contributed by atoms with Crippen LogP contribution in [0.5, 0.6) is 0 Å². The Morgan fingerprint density at radius 1 is 1.61 bits per heavy atom. The number of aromatic amines is 1. The number of nitrogens with one attached hydrogen (secondary N) is 1. The summed E-state index contributed by atoms with van der Waals surface area (Å²) in [7, 11) is 0. The Morgan fingerprint density at radius 3 is 3.22 bits per heavy atom. The van der Waals surface area contributed by atoms with E-state index in [0.717, 1.165) is 21.1 Å². The number of hydrogen-bond acceptors (Lipinski definition) is 3. The number of esters is 1. The van der Waals surface area contributed by atoms with Crippen molar-refractivity contribution in [1.82, 2.24) is 9.97 Å². The molecule has 2 heterocycles. The Hall–Kier alpha value is -1.62. The first-order valence-electron chi connectivity index (χ1n) is 5.65. The summed E-state index contributed by atoms with van der Waals surface area (Å²) in [6.07, 6.45) is 7.57. The van der Waals surface area contributed by atoms with Crippen molar-refractivity contribution in [2.24, 2.45) is 0 Å². The van der Waals surface area contributed by atoms with E-state index in [1.807, 2.05) is 18.3 Å². The van der Waals surface area contributed by atoms with Gasteiger partial charge in [-0.3, -0.25) is 4.79 Å². The lowest BCUT2D eigenvalue weighted by molar-refractivity contribution is -0.142. The van der Waals surface area contributed by atoms with Crippen molar-refractivity contribution in [2.45, 2.75) is 13.3 Å². The Bertz CT molecular complexity index is 590. The van der Waals surface area contributed by atoms with Crippen LogP contribution in [0.15, 0.2) is 29.0 Å². The second-order valence-electron chi connectivity index (χ2n) is 3.71. The third-order valence-corrected chi connectivity index (χ3v) is 2.85. The molecule has 5 heteroatoms. The maximum atomic E-state index is 11.2. The van der Waals surface area contributed by atoms with Crippen molar-refractivity contribution < 1.29 is 9.53 Å². The zero-order valence-corrected chi connectivity index (χ0v) is 11.5. The number of nitrogens with zero attached hydrogens (tertiary/aromatic N) is 1. The van der Waals surface area contributed by atoms with Gasteiger partial charge in [-0.15, -0.1) is 0 Å². The molecule has 0 saturated carbocycles. The minimum absolute atomic E-state index is 0.215. The topological polar surface area (TPSA) is 55.0 Å². The predicted molar refractivity (Wildman–Crippen MR) is 74.1 cm³/mol. The number of H-pyrrole nitrogens is 1. The summed E-state index contributed by atoms with van der Waals surface area (Å²) in [5.41, 5.74) is 1.83. The molecular weight excluding hydrogens is 296 g/mol. The van der Waals surface area contributed by atoms with Gasteiger partial charge in [-0.25, -0.2) is 4.98 Å². The van der Waals surface area contributed by atoms with Crippen LogP contribution in [-0.2, 0) is 9.53 Å². The van der Waals surface area contributed by atoms with Gasteiger partial charge in [0.1, 0.15) is 5.65 Å². The van der Waals surface area contributed by atoms with Gasteiger partial charge in [-0.1, -0.05) is 12.2 Å².